The van der Waals surface area contributed by atoms with Crippen LogP contribution in [0.4, 0.5) is 11.4 Å². The molecule has 0 saturated carbocycles. The van der Waals surface area contributed by atoms with E-state index in [1.165, 1.54) is 0 Å². The Labute approximate surface area is 164 Å². The van der Waals surface area contributed by atoms with Gasteiger partial charge in [0.25, 0.3) is 5.91 Å². The van der Waals surface area contributed by atoms with Gasteiger partial charge in [0, 0.05) is 16.9 Å². The molecule has 0 aromatic heterocycles. The standard InChI is InChI=1S/C23H22N2O3/c1-15-11-13-16(14-12-15)25-22(18-8-6-10-20(27-2)21(18)28-3)24-19-9-5-4-7-17(19)23(25)26/h4-14,22,24H,1-3H3/t22-/m1/s1. The first-order chi connectivity index (χ1) is 13.6. The molecular formula is C23H22N2O3. The second kappa shape index (κ2) is 7.27. The van der Waals surface area contributed by atoms with E-state index in [-0.39, 0.29) is 5.91 Å². The number of hydrogen-bond donors (Lipinski definition) is 1. The first-order valence-corrected chi connectivity index (χ1v) is 9.10. The molecule has 1 atom stereocenters. The van der Waals surface area contributed by atoms with E-state index in [2.05, 4.69) is 5.32 Å². The molecule has 28 heavy (non-hydrogen) atoms. The number of aryl methyl sites for hydroxylation is 1. The molecule has 0 unspecified atom stereocenters. The highest BCUT2D eigenvalue weighted by Gasteiger charge is 2.36. The van der Waals surface area contributed by atoms with Crippen LogP contribution in [0, 0.1) is 6.92 Å². The number of benzene rings is 3. The normalized spacial score (nSPS) is 15.6. The number of amides is 1. The van der Waals surface area contributed by atoms with Gasteiger partial charge in [-0.2, -0.15) is 0 Å². The molecular weight excluding hydrogens is 352 g/mol. The monoisotopic (exact) mass is 374 g/mol. The van der Waals surface area contributed by atoms with E-state index in [9.17, 15) is 4.79 Å². The van der Waals surface area contributed by atoms with Gasteiger partial charge in [-0.1, -0.05) is 42.0 Å². The van der Waals surface area contributed by atoms with Gasteiger partial charge in [-0.25, -0.2) is 0 Å². The van der Waals surface area contributed by atoms with Crippen LogP contribution >= 0.6 is 0 Å². The average molecular weight is 374 g/mol. The molecule has 0 fully saturated rings. The molecule has 3 aromatic carbocycles. The van der Waals surface area contributed by atoms with Gasteiger partial charge < -0.3 is 14.8 Å². The first kappa shape index (κ1) is 17.9. The van der Waals surface area contributed by atoms with E-state index in [0.717, 1.165) is 22.5 Å². The van der Waals surface area contributed by atoms with Gasteiger partial charge in [0.1, 0.15) is 6.17 Å². The van der Waals surface area contributed by atoms with Crippen molar-refractivity contribution in [1.29, 1.82) is 0 Å². The Hall–Kier alpha value is -3.47. The van der Waals surface area contributed by atoms with E-state index in [0.29, 0.717) is 17.1 Å². The van der Waals surface area contributed by atoms with Crippen LogP contribution in [0.15, 0.2) is 66.7 Å². The molecule has 4 rings (SSSR count). The minimum absolute atomic E-state index is 0.0620. The van der Waals surface area contributed by atoms with Crippen LogP contribution in [-0.2, 0) is 0 Å². The summed E-state index contributed by atoms with van der Waals surface area (Å²) in [6, 6.07) is 21.2. The van der Waals surface area contributed by atoms with Crippen molar-refractivity contribution in [2.24, 2.45) is 0 Å². The molecule has 1 N–H and O–H groups in total. The van der Waals surface area contributed by atoms with Crippen LogP contribution in [0.3, 0.4) is 0 Å². The molecule has 0 aliphatic carbocycles. The Morgan fingerprint density at radius 2 is 1.64 bits per heavy atom. The van der Waals surface area contributed by atoms with Gasteiger partial charge in [-0.05, 0) is 37.3 Å². The number of rotatable bonds is 4. The quantitative estimate of drug-likeness (QED) is 0.714. The second-order valence-electron chi connectivity index (χ2n) is 6.69. The Balaban J connectivity index is 1.91. The molecule has 5 heteroatoms. The summed E-state index contributed by atoms with van der Waals surface area (Å²) in [6.07, 6.45) is -0.435. The SMILES string of the molecule is COc1cccc([C@@H]2Nc3ccccc3C(=O)N2c2ccc(C)cc2)c1OC. The zero-order valence-corrected chi connectivity index (χ0v) is 16.1. The van der Waals surface area contributed by atoms with Crippen LogP contribution in [-0.4, -0.2) is 20.1 Å². The number of ether oxygens (including phenoxy) is 2. The lowest BCUT2D eigenvalue weighted by Gasteiger charge is -2.38. The third-order valence-corrected chi connectivity index (χ3v) is 4.97. The predicted octanol–water partition coefficient (Wildman–Crippen LogP) is 4.78. The van der Waals surface area contributed by atoms with Crippen molar-refractivity contribution >= 4 is 17.3 Å². The number of carbonyl (C=O) groups is 1. The van der Waals surface area contributed by atoms with Gasteiger partial charge in [0.05, 0.1) is 19.8 Å². The van der Waals surface area contributed by atoms with Gasteiger partial charge in [-0.15, -0.1) is 0 Å². The molecule has 0 radical (unpaired) electrons. The zero-order chi connectivity index (χ0) is 19.7. The number of carbonyl (C=O) groups excluding carboxylic acids is 1. The maximum atomic E-state index is 13.5. The number of fused-ring (bicyclic) bond motifs is 1. The highest BCUT2D eigenvalue weighted by Crippen LogP contribution is 2.42. The molecule has 0 saturated heterocycles. The topological polar surface area (TPSA) is 50.8 Å². The predicted molar refractivity (Wildman–Crippen MR) is 110 cm³/mol. The van der Waals surface area contributed by atoms with Crippen molar-refractivity contribution in [3.05, 3.63) is 83.4 Å². The van der Waals surface area contributed by atoms with Crippen LogP contribution in [0.25, 0.3) is 0 Å². The number of nitrogens with zero attached hydrogens (tertiary/aromatic N) is 1. The van der Waals surface area contributed by atoms with Crippen molar-refractivity contribution in [2.45, 2.75) is 13.1 Å². The van der Waals surface area contributed by atoms with Crippen LogP contribution in [0.5, 0.6) is 11.5 Å². The Bertz CT molecular complexity index is 1010. The van der Waals surface area contributed by atoms with E-state index in [1.54, 1.807) is 19.1 Å². The molecule has 0 bridgehead atoms. The van der Waals surface area contributed by atoms with Gasteiger partial charge in [0.15, 0.2) is 11.5 Å². The molecule has 1 heterocycles. The fourth-order valence-electron chi connectivity index (χ4n) is 3.57. The Morgan fingerprint density at radius 1 is 0.893 bits per heavy atom. The third kappa shape index (κ3) is 2.95. The lowest BCUT2D eigenvalue weighted by atomic mass is 10.0. The largest absolute Gasteiger partial charge is 0.493 e. The Kier molecular flexibility index (Phi) is 4.65. The molecule has 1 aliphatic rings. The van der Waals surface area contributed by atoms with E-state index in [4.69, 9.17) is 9.47 Å². The molecule has 1 aliphatic heterocycles. The van der Waals surface area contributed by atoms with Gasteiger partial charge in [-0.3, -0.25) is 9.69 Å². The summed E-state index contributed by atoms with van der Waals surface area (Å²) >= 11 is 0. The molecule has 5 nitrogen and oxygen atoms in total. The van der Waals surface area contributed by atoms with E-state index >= 15 is 0 Å². The average Bonchev–Trinajstić information content (AvgIpc) is 2.74. The number of methoxy groups -OCH3 is 2. The fourth-order valence-corrected chi connectivity index (χ4v) is 3.57. The van der Waals surface area contributed by atoms with Crippen molar-refractivity contribution < 1.29 is 14.3 Å². The maximum Gasteiger partial charge on any atom is 0.262 e. The number of anilines is 2. The summed E-state index contributed by atoms with van der Waals surface area (Å²) < 4.78 is 11.1. The third-order valence-electron chi connectivity index (χ3n) is 4.97. The summed E-state index contributed by atoms with van der Waals surface area (Å²) in [4.78, 5) is 15.2. The zero-order valence-electron chi connectivity index (χ0n) is 16.1. The lowest BCUT2D eigenvalue weighted by molar-refractivity contribution is 0.0974. The van der Waals surface area contributed by atoms with Crippen LogP contribution in [0.2, 0.25) is 0 Å². The Morgan fingerprint density at radius 3 is 2.36 bits per heavy atom. The molecule has 0 spiro atoms. The lowest BCUT2D eigenvalue weighted by Crippen LogP contribution is -2.43. The molecule has 142 valence electrons. The van der Waals surface area contributed by atoms with Crippen molar-refractivity contribution in [2.75, 3.05) is 24.4 Å². The minimum Gasteiger partial charge on any atom is -0.493 e. The van der Waals surface area contributed by atoms with E-state index < -0.39 is 6.17 Å². The van der Waals surface area contributed by atoms with Crippen molar-refractivity contribution in [1.82, 2.24) is 0 Å². The summed E-state index contributed by atoms with van der Waals surface area (Å²) in [5.41, 5.74) is 4.21. The highest BCUT2D eigenvalue weighted by molar-refractivity contribution is 6.12. The first-order valence-electron chi connectivity index (χ1n) is 9.10. The van der Waals surface area contributed by atoms with E-state index in [1.807, 2.05) is 73.7 Å². The summed E-state index contributed by atoms with van der Waals surface area (Å²) in [5, 5.41) is 3.50. The minimum atomic E-state index is -0.435. The van der Waals surface area contributed by atoms with Crippen molar-refractivity contribution in [3.63, 3.8) is 0 Å². The summed E-state index contributed by atoms with van der Waals surface area (Å²) in [6.45, 7) is 2.03. The van der Waals surface area contributed by atoms with Gasteiger partial charge in [0.2, 0.25) is 0 Å². The highest BCUT2D eigenvalue weighted by atomic mass is 16.5. The number of hydrogen-bond acceptors (Lipinski definition) is 4. The van der Waals surface area contributed by atoms with Crippen molar-refractivity contribution in [3.8, 4) is 11.5 Å². The second-order valence-corrected chi connectivity index (χ2v) is 6.69. The summed E-state index contributed by atoms with van der Waals surface area (Å²) in [5.74, 6) is 1.16. The molecule has 1 amide bonds. The smallest absolute Gasteiger partial charge is 0.262 e. The van der Waals surface area contributed by atoms with Crippen LogP contribution in [0.1, 0.15) is 27.7 Å². The summed E-state index contributed by atoms with van der Waals surface area (Å²) in [7, 11) is 3.21. The molecule has 3 aromatic rings. The number of para-hydroxylation sites is 2. The van der Waals surface area contributed by atoms with Crippen LogP contribution < -0.4 is 19.7 Å². The van der Waals surface area contributed by atoms with Gasteiger partial charge >= 0.3 is 0 Å². The maximum absolute atomic E-state index is 13.5. The fraction of sp³-hybridized carbons (Fsp3) is 0.174. The number of nitrogens with one attached hydrogen (secondary N) is 1.